The van der Waals surface area contributed by atoms with E-state index >= 15 is 0 Å². The van der Waals surface area contributed by atoms with Crippen LogP contribution in [0, 0.1) is 23.2 Å². The van der Waals surface area contributed by atoms with E-state index in [-0.39, 0.29) is 29.0 Å². The summed E-state index contributed by atoms with van der Waals surface area (Å²) >= 11 is 0. The number of hydrogen-bond acceptors (Lipinski definition) is 6. The Morgan fingerprint density at radius 2 is 1.71 bits per heavy atom. The highest BCUT2D eigenvalue weighted by Gasteiger charge is 2.47. The minimum atomic E-state index is -1.07. The van der Waals surface area contributed by atoms with Crippen LogP contribution < -0.4 is 16.0 Å². The number of nitriles is 1. The smallest absolute Gasteiger partial charge is 0.268 e. The van der Waals surface area contributed by atoms with Crippen molar-refractivity contribution in [2.24, 2.45) is 11.8 Å². The second-order valence-electron chi connectivity index (χ2n) is 14.4. The number of piperidine rings is 1. The first kappa shape index (κ1) is 34.9. The number of ketones is 1. The van der Waals surface area contributed by atoms with E-state index in [1.54, 1.807) is 17.9 Å². The van der Waals surface area contributed by atoms with Gasteiger partial charge in [-0.25, -0.2) is 0 Å². The highest BCUT2D eigenvalue weighted by atomic mass is 32.2. The molecule has 2 aromatic rings. The second-order valence-corrected chi connectivity index (χ2v) is 16.6. The highest BCUT2D eigenvalue weighted by Crippen LogP contribution is 2.37. The maximum Gasteiger partial charge on any atom is 0.268 e. The molecule has 262 valence electrons. The lowest BCUT2D eigenvalue weighted by Crippen LogP contribution is -2.53. The monoisotopic (exact) mass is 688 g/mol. The average molecular weight is 689 g/mol. The van der Waals surface area contributed by atoms with Crippen molar-refractivity contribution >= 4 is 55.7 Å². The molecule has 0 bridgehead atoms. The number of rotatable bonds is 10. The van der Waals surface area contributed by atoms with E-state index in [0.29, 0.717) is 44.5 Å². The van der Waals surface area contributed by atoms with E-state index in [2.05, 4.69) is 27.0 Å². The molecule has 12 heteroatoms. The Hall–Kier alpha value is -3.98. The summed E-state index contributed by atoms with van der Waals surface area (Å²) in [6, 6.07) is 9.56. The zero-order valence-corrected chi connectivity index (χ0v) is 29.2. The number of aromatic amines is 1. The van der Waals surface area contributed by atoms with Gasteiger partial charge in [-0.15, -0.1) is 0 Å². The molecule has 1 aromatic carbocycles. The molecule has 4 fully saturated rings. The number of likely N-dealkylation sites (tertiary alicyclic amines) is 1. The Morgan fingerprint density at radius 1 is 1.00 bits per heavy atom. The quantitative estimate of drug-likeness (QED) is 0.276. The number of fused-ring (bicyclic) bond motifs is 1. The molecule has 3 aliphatic heterocycles. The van der Waals surface area contributed by atoms with Crippen LogP contribution in [0.3, 0.4) is 0 Å². The van der Waals surface area contributed by atoms with Gasteiger partial charge in [0.25, 0.3) is 5.91 Å². The number of carbonyl (C=O) groups excluding carboxylic acids is 5. The fourth-order valence-electron chi connectivity index (χ4n) is 8.23. The molecule has 0 radical (unpaired) electrons. The largest absolute Gasteiger partial charge is 0.351 e. The summed E-state index contributed by atoms with van der Waals surface area (Å²) in [6.45, 7) is 2.65. The third-order valence-corrected chi connectivity index (χ3v) is 13.5. The van der Waals surface area contributed by atoms with Crippen LogP contribution in [0.1, 0.15) is 94.5 Å². The van der Waals surface area contributed by atoms with Gasteiger partial charge in [0.05, 0.1) is 6.04 Å². The summed E-state index contributed by atoms with van der Waals surface area (Å²) in [7, 11) is -0.477. The summed E-state index contributed by atoms with van der Waals surface area (Å²) in [5.41, 5.74) is 0.706. The number of Topliss-reactive ketones (excluding diaryl/α,β-unsaturated/α-hetero) is 1. The number of aromatic nitrogens is 1. The van der Waals surface area contributed by atoms with Crippen LogP contribution in [0.2, 0.25) is 0 Å². The summed E-state index contributed by atoms with van der Waals surface area (Å²) < 4.78 is 0. The lowest BCUT2D eigenvalue weighted by Gasteiger charge is -2.39. The Morgan fingerprint density at radius 3 is 2.39 bits per heavy atom. The Bertz CT molecular complexity index is 1640. The number of para-hydroxylation sites is 1. The number of nitrogens with zero attached hydrogens (tertiary/aromatic N) is 2. The second kappa shape index (κ2) is 15.3. The minimum Gasteiger partial charge on any atom is -0.351 e. The van der Waals surface area contributed by atoms with Gasteiger partial charge in [-0.3, -0.25) is 24.0 Å². The molecular weight excluding hydrogens is 641 g/mol. The standard InChI is InChI=1S/C37H48N6O5S/c1-24(44)43-15-13-37(14-16-43)22-27(34(46)42-37)21-29(33(45)32(23-38)49-17-7-8-18-49)40-35(47)30(19-25-9-3-2-4-10-25)41-36(48)31-20-26-11-5-6-12-28(26)39-31/h5-6,11-12,20,25,27,29-30,39H,2-4,7-10,13-19,21-22H2,1H3,(H,40,47)(H,41,48)(H,42,46)/t27-,29+,30+/m1/s1. The third-order valence-electron chi connectivity index (χ3n) is 11.1. The Kier molecular flexibility index (Phi) is 10.9. The zero-order chi connectivity index (χ0) is 34.5. The maximum atomic E-state index is 14.2. The number of hydrogen-bond donors (Lipinski definition) is 4. The summed E-state index contributed by atoms with van der Waals surface area (Å²) in [5.74, 6) is -0.179. The predicted molar refractivity (Wildman–Crippen MR) is 190 cm³/mol. The van der Waals surface area contributed by atoms with E-state index in [1.165, 1.54) is 0 Å². The maximum absolute atomic E-state index is 14.2. The molecule has 4 heterocycles. The highest BCUT2D eigenvalue weighted by molar-refractivity contribution is 8.17. The summed E-state index contributed by atoms with van der Waals surface area (Å²) in [5, 5.41) is 20.2. The van der Waals surface area contributed by atoms with Gasteiger partial charge in [-0.2, -0.15) is 15.7 Å². The van der Waals surface area contributed by atoms with Gasteiger partial charge in [0.15, 0.2) is 0 Å². The van der Waals surface area contributed by atoms with Crippen molar-refractivity contribution in [2.75, 3.05) is 24.6 Å². The molecule has 1 saturated carbocycles. The van der Waals surface area contributed by atoms with Gasteiger partial charge >= 0.3 is 0 Å². The van der Waals surface area contributed by atoms with E-state index in [9.17, 15) is 29.2 Å². The molecular formula is C37H48N6O5S. The van der Waals surface area contributed by atoms with Crippen LogP contribution >= 0.6 is 10.5 Å². The molecule has 1 spiro atoms. The molecule has 4 amide bonds. The molecule has 3 atom stereocenters. The van der Waals surface area contributed by atoms with Gasteiger partial charge in [0.2, 0.25) is 23.5 Å². The molecule has 6 rings (SSSR count). The molecule has 4 aliphatic rings. The van der Waals surface area contributed by atoms with Gasteiger partial charge in [0.1, 0.15) is 22.7 Å². The first-order valence-electron chi connectivity index (χ1n) is 17.9. The van der Waals surface area contributed by atoms with E-state index < -0.39 is 51.6 Å². The van der Waals surface area contributed by atoms with E-state index in [4.69, 9.17) is 0 Å². The molecule has 4 N–H and O–H groups in total. The van der Waals surface area contributed by atoms with Crippen molar-refractivity contribution in [3.63, 3.8) is 0 Å². The lowest BCUT2D eigenvalue weighted by atomic mass is 9.81. The fraction of sp³-hybridized carbons (Fsp3) is 0.595. The van der Waals surface area contributed by atoms with Crippen molar-refractivity contribution in [1.82, 2.24) is 25.8 Å². The van der Waals surface area contributed by atoms with Crippen molar-refractivity contribution < 1.29 is 24.0 Å². The molecule has 0 unspecified atom stereocenters. The van der Waals surface area contributed by atoms with Crippen LogP contribution in [-0.2, 0) is 19.2 Å². The van der Waals surface area contributed by atoms with E-state index in [0.717, 1.165) is 67.4 Å². The Labute approximate surface area is 290 Å². The first-order chi connectivity index (χ1) is 23.6. The molecule has 49 heavy (non-hydrogen) atoms. The summed E-state index contributed by atoms with van der Waals surface area (Å²) in [6.07, 6.45) is 9.39. The number of carbonyl (C=O) groups is 5. The van der Waals surface area contributed by atoms with Crippen molar-refractivity contribution in [2.45, 2.75) is 102 Å². The normalized spacial score (nSPS) is 22.3. The molecule has 1 aromatic heterocycles. The van der Waals surface area contributed by atoms with Crippen LogP contribution in [0.4, 0.5) is 0 Å². The number of nitrogens with one attached hydrogen (secondary N) is 4. The van der Waals surface area contributed by atoms with Gasteiger partial charge in [-0.1, -0.05) is 50.3 Å². The fourth-order valence-corrected chi connectivity index (χ4v) is 10.5. The van der Waals surface area contributed by atoms with Gasteiger partial charge < -0.3 is 25.8 Å². The summed E-state index contributed by atoms with van der Waals surface area (Å²) in [4.78, 5) is 72.5. The number of H-pyrrole nitrogens is 1. The zero-order valence-electron chi connectivity index (χ0n) is 28.4. The van der Waals surface area contributed by atoms with Crippen molar-refractivity contribution in [3.05, 3.63) is 36.0 Å². The first-order valence-corrected chi connectivity index (χ1v) is 19.5. The topological polar surface area (TPSA) is 164 Å². The van der Waals surface area contributed by atoms with Crippen LogP contribution in [0.25, 0.3) is 10.9 Å². The Balaban J connectivity index is 1.23. The predicted octanol–water partition coefficient (Wildman–Crippen LogP) is 3.96. The van der Waals surface area contributed by atoms with E-state index in [1.807, 2.05) is 24.3 Å². The SMILES string of the molecule is CC(=O)N1CCC2(CC1)C[C@@H](C[C@H](NC(=O)[C@H](CC1CCCCC1)NC(=O)c1cc3ccccc3[nH]1)C(=O)C(C#N)=S1CCCC1)C(=O)N2. The molecule has 1 aliphatic carbocycles. The number of benzene rings is 1. The van der Waals surface area contributed by atoms with Gasteiger partial charge in [0, 0.05) is 42.4 Å². The molecule has 11 nitrogen and oxygen atoms in total. The van der Waals surface area contributed by atoms with Crippen molar-refractivity contribution in [3.8, 4) is 6.07 Å². The average Bonchev–Trinajstić information content (AvgIpc) is 3.85. The van der Waals surface area contributed by atoms with Crippen LogP contribution in [0.5, 0.6) is 0 Å². The third kappa shape index (κ3) is 8.09. The van der Waals surface area contributed by atoms with Crippen molar-refractivity contribution in [1.29, 1.82) is 5.26 Å². The lowest BCUT2D eigenvalue weighted by molar-refractivity contribution is -0.130. The molecule has 3 saturated heterocycles. The van der Waals surface area contributed by atoms with Gasteiger partial charge in [-0.05, 0) is 74.5 Å². The number of amides is 4. The minimum absolute atomic E-state index is 0.0100. The van der Waals surface area contributed by atoms with Crippen LogP contribution in [-0.4, -0.2) is 86.4 Å². The van der Waals surface area contributed by atoms with Crippen LogP contribution in [0.15, 0.2) is 30.3 Å².